The maximum atomic E-state index is 12.7. The zero-order valence-electron chi connectivity index (χ0n) is 17.5. The second kappa shape index (κ2) is 8.73. The van der Waals surface area contributed by atoms with E-state index >= 15 is 0 Å². The quantitative estimate of drug-likeness (QED) is 0.601. The van der Waals surface area contributed by atoms with E-state index < -0.39 is 0 Å². The summed E-state index contributed by atoms with van der Waals surface area (Å²) in [4.78, 5) is 21.1. The van der Waals surface area contributed by atoms with Crippen molar-refractivity contribution in [1.82, 2.24) is 25.1 Å². The van der Waals surface area contributed by atoms with Gasteiger partial charge in [0.05, 0.1) is 36.6 Å². The fraction of sp³-hybridized carbons (Fsp3) is 0.364. The Hall–Kier alpha value is -3.46. The Morgan fingerprint density at radius 3 is 2.68 bits per heavy atom. The lowest BCUT2D eigenvalue weighted by molar-refractivity contribution is 0.0767. The molecule has 162 valence electrons. The Bertz CT molecular complexity index is 1060. The molecular formula is C22H25N5O4. The number of amides is 1. The van der Waals surface area contributed by atoms with Crippen LogP contribution in [0.25, 0.3) is 16.9 Å². The number of rotatable bonds is 7. The standard InChI is InChI=1S/C22H25N5O4/c1-30-14-22(8-3-4-9-22)26-20(28)16-5-6-18(24-12-16)27-21(29)17(13-25-27)15-7-10-23-19(11-15)31-2/h5-7,10-13,29H,3-4,8-9,14H2,1-2H3,(H,26,28). The van der Waals surface area contributed by atoms with Gasteiger partial charge in [0, 0.05) is 25.6 Å². The Morgan fingerprint density at radius 2 is 2.00 bits per heavy atom. The van der Waals surface area contributed by atoms with Crippen LogP contribution in [0.15, 0.2) is 42.9 Å². The summed E-state index contributed by atoms with van der Waals surface area (Å²) in [6.45, 7) is 0.494. The fourth-order valence-electron chi connectivity index (χ4n) is 3.99. The van der Waals surface area contributed by atoms with Crippen molar-refractivity contribution in [3.63, 3.8) is 0 Å². The molecule has 0 radical (unpaired) electrons. The molecule has 0 aliphatic heterocycles. The minimum atomic E-state index is -0.314. The largest absolute Gasteiger partial charge is 0.493 e. The van der Waals surface area contributed by atoms with Crippen LogP contribution in [0.4, 0.5) is 0 Å². The zero-order chi connectivity index (χ0) is 21.8. The van der Waals surface area contributed by atoms with Crippen LogP contribution in [0.2, 0.25) is 0 Å². The minimum absolute atomic E-state index is 0.0667. The molecule has 0 atom stereocenters. The monoisotopic (exact) mass is 423 g/mol. The van der Waals surface area contributed by atoms with Crippen molar-refractivity contribution < 1.29 is 19.4 Å². The van der Waals surface area contributed by atoms with Gasteiger partial charge >= 0.3 is 0 Å². The SMILES string of the molecule is COCC1(NC(=O)c2ccc(-n3ncc(-c4ccnc(OC)c4)c3O)nc2)CCCC1. The first kappa shape index (κ1) is 20.8. The molecule has 9 nitrogen and oxygen atoms in total. The van der Waals surface area contributed by atoms with Crippen molar-refractivity contribution in [1.29, 1.82) is 0 Å². The fourth-order valence-corrected chi connectivity index (χ4v) is 3.99. The average Bonchev–Trinajstić information content (AvgIpc) is 3.41. The lowest BCUT2D eigenvalue weighted by atomic mass is 9.98. The number of hydrogen-bond donors (Lipinski definition) is 2. The van der Waals surface area contributed by atoms with Gasteiger partial charge < -0.3 is 19.9 Å². The summed E-state index contributed by atoms with van der Waals surface area (Å²) in [6, 6.07) is 6.78. The summed E-state index contributed by atoms with van der Waals surface area (Å²) in [5.41, 5.74) is 1.36. The van der Waals surface area contributed by atoms with E-state index in [1.165, 1.54) is 18.0 Å². The maximum absolute atomic E-state index is 12.7. The van der Waals surface area contributed by atoms with Crippen molar-refractivity contribution in [2.75, 3.05) is 20.8 Å². The summed E-state index contributed by atoms with van der Waals surface area (Å²) >= 11 is 0. The highest BCUT2D eigenvalue weighted by Crippen LogP contribution is 2.32. The van der Waals surface area contributed by atoms with Crippen LogP contribution in [0, 0.1) is 0 Å². The van der Waals surface area contributed by atoms with Gasteiger partial charge in [0.25, 0.3) is 5.91 Å². The Balaban J connectivity index is 1.53. The van der Waals surface area contributed by atoms with Crippen molar-refractivity contribution in [2.45, 2.75) is 31.2 Å². The topological polar surface area (TPSA) is 111 Å². The molecule has 3 aromatic rings. The first-order valence-corrected chi connectivity index (χ1v) is 10.1. The summed E-state index contributed by atoms with van der Waals surface area (Å²) < 4.78 is 11.8. The second-order valence-corrected chi connectivity index (χ2v) is 7.66. The molecule has 1 saturated carbocycles. The molecule has 2 N–H and O–H groups in total. The normalized spacial score (nSPS) is 15.0. The van der Waals surface area contributed by atoms with E-state index in [0.29, 0.717) is 35.0 Å². The molecule has 0 spiro atoms. The van der Waals surface area contributed by atoms with Crippen LogP contribution < -0.4 is 10.1 Å². The Morgan fingerprint density at radius 1 is 1.19 bits per heavy atom. The lowest BCUT2D eigenvalue weighted by Crippen LogP contribution is -2.49. The Labute approximate surface area is 180 Å². The molecular weight excluding hydrogens is 398 g/mol. The van der Waals surface area contributed by atoms with Crippen molar-refractivity contribution >= 4 is 5.91 Å². The third-order valence-electron chi connectivity index (χ3n) is 5.59. The number of nitrogens with one attached hydrogen (secondary N) is 1. The van der Waals surface area contributed by atoms with Gasteiger partial charge in [-0.1, -0.05) is 12.8 Å². The smallest absolute Gasteiger partial charge is 0.253 e. The number of pyridine rings is 2. The van der Waals surface area contributed by atoms with Gasteiger partial charge in [-0.25, -0.2) is 9.97 Å². The van der Waals surface area contributed by atoms with E-state index in [0.717, 1.165) is 25.7 Å². The highest BCUT2D eigenvalue weighted by atomic mass is 16.5. The van der Waals surface area contributed by atoms with Gasteiger partial charge in [-0.3, -0.25) is 4.79 Å². The molecule has 0 aromatic carbocycles. The molecule has 0 unspecified atom stereocenters. The summed E-state index contributed by atoms with van der Waals surface area (Å²) in [6.07, 6.45) is 8.58. The molecule has 1 aliphatic rings. The third kappa shape index (κ3) is 4.22. The maximum Gasteiger partial charge on any atom is 0.253 e. The zero-order valence-corrected chi connectivity index (χ0v) is 17.5. The number of carbonyl (C=O) groups is 1. The first-order chi connectivity index (χ1) is 15.0. The van der Waals surface area contributed by atoms with Crippen molar-refractivity contribution in [3.05, 3.63) is 48.4 Å². The number of ether oxygens (including phenoxy) is 2. The van der Waals surface area contributed by atoms with Crippen LogP contribution in [-0.4, -0.2) is 57.1 Å². The Kier molecular flexibility index (Phi) is 5.85. The number of carbonyl (C=O) groups excluding carboxylic acids is 1. The number of methoxy groups -OCH3 is 2. The van der Waals surface area contributed by atoms with E-state index in [1.807, 2.05) is 0 Å². The minimum Gasteiger partial charge on any atom is -0.493 e. The average molecular weight is 423 g/mol. The molecule has 3 heterocycles. The lowest BCUT2D eigenvalue weighted by Gasteiger charge is -2.29. The van der Waals surface area contributed by atoms with Gasteiger partial charge in [-0.15, -0.1) is 0 Å². The molecule has 1 amide bonds. The summed E-state index contributed by atoms with van der Waals surface area (Å²) in [5.74, 6) is 0.579. The molecule has 1 aliphatic carbocycles. The predicted octanol–water partition coefficient (Wildman–Crippen LogP) is 2.73. The molecule has 0 saturated heterocycles. The van der Waals surface area contributed by atoms with E-state index in [-0.39, 0.29) is 17.3 Å². The second-order valence-electron chi connectivity index (χ2n) is 7.66. The number of nitrogens with zero attached hydrogens (tertiary/aromatic N) is 4. The number of aromatic nitrogens is 4. The van der Waals surface area contributed by atoms with Crippen LogP contribution in [-0.2, 0) is 4.74 Å². The predicted molar refractivity (Wildman–Crippen MR) is 113 cm³/mol. The molecule has 0 bridgehead atoms. The molecule has 31 heavy (non-hydrogen) atoms. The van der Waals surface area contributed by atoms with Gasteiger partial charge in [0.2, 0.25) is 11.8 Å². The van der Waals surface area contributed by atoms with Crippen LogP contribution >= 0.6 is 0 Å². The highest BCUT2D eigenvalue weighted by Gasteiger charge is 2.35. The van der Waals surface area contributed by atoms with Crippen molar-refractivity contribution in [2.24, 2.45) is 0 Å². The van der Waals surface area contributed by atoms with Gasteiger partial charge in [0.1, 0.15) is 0 Å². The van der Waals surface area contributed by atoms with E-state index in [2.05, 4.69) is 20.4 Å². The first-order valence-electron chi connectivity index (χ1n) is 10.1. The van der Waals surface area contributed by atoms with Crippen molar-refractivity contribution in [3.8, 4) is 28.7 Å². The van der Waals surface area contributed by atoms with Gasteiger partial charge in [-0.2, -0.15) is 9.78 Å². The molecule has 1 fully saturated rings. The van der Waals surface area contributed by atoms with Gasteiger partial charge in [0.15, 0.2) is 5.82 Å². The van der Waals surface area contributed by atoms with Crippen LogP contribution in [0.1, 0.15) is 36.0 Å². The van der Waals surface area contributed by atoms with Gasteiger partial charge in [-0.05, 0) is 36.6 Å². The number of aromatic hydroxyl groups is 1. The van der Waals surface area contributed by atoms with E-state index in [4.69, 9.17) is 9.47 Å². The molecule has 4 rings (SSSR count). The van der Waals surface area contributed by atoms with E-state index in [1.54, 1.807) is 43.8 Å². The van der Waals surface area contributed by atoms with Crippen LogP contribution in [0.3, 0.4) is 0 Å². The molecule has 3 aromatic heterocycles. The number of hydrogen-bond acceptors (Lipinski definition) is 7. The molecule has 9 heteroatoms. The summed E-state index contributed by atoms with van der Waals surface area (Å²) in [7, 11) is 3.18. The third-order valence-corrected chi connectivity index (χ3v) is 5.59. The van der Waals surface area contributed by atoms with E-state index in [9.17, 15) is 9.90 Å². The highest BCUT2D eigenvalue weighted by molar-refractivity contribution is 5.94. The summed E-state index contributed by atoms with van der Waals surface area (Å²) in [5, 5.41) is 18.0. The van der Waals surface area contributed by atoms with Crippen LogP contribution in [0.5, 0.6) is 11.8 Å².